The van der Waals surface area contributed by atoms with Gasteiger partial charge in [-0.2, -0.15) is 0 Å². The van der Waals surface area contributed by atoms with Crippen LogP contribution in [0, 0.1) is 18.7 Å². The van der Waals surface area contributed by atoms with Crippen molar-refractivity contribution in [1.29, 1.82) is 0 Å². The summed E-state index contributed by atoms with van der Waals surface area (Å²) in [5, 5.41) is 9.62. The maximum absolute atomic E-state index is 13.2. The third-order valence-electron chi connectivity index (χ3n) is 3.62. The van der Waals surface area contributed by atoms with Gasteiger partial charge in [-0.3, -0.25) is 0 Å². The Morgan fingerprint density at radius 1 is 1.14 bits per heavy atom. The smallest absolute Gasteiger partial charge is 0.123 e. The van der Waals surface area contributed by atoms with Gasteiger partial charge in [-0.05, 0) is 55.0 Å². The molecule has 0 fully saturated rings. The van der Waals surface area contributed by atoms with Crippen LogP contribution < -0.4 is 4.74 Å². The highest BCUT2D eigenvalue weighted by atomic mass is 19.1. The van der Waals surface area contributed by atoms with Gasteiger partial charge in [-0.15, -0.1) is 0 Å². The van der Waals surface area contributed by atoms with Gasteiger partial charge in [0.1, 0.15) is 11.6 Å². The van der Waals surface area contributed by atoms with Gasteiger partial charge in [0.15, 0.2) is 0 Å². The molecule has 2 nitrogen and oxygen atoms in total. The van der Waals surface area contributed by atoms with Crippen LogP contribution in [0.3, 0.4) is 0 Å². The first-order valence-electron chi connectivity index (χ1n) is 7.11. The van der Waals surface area contributed by atoms with Gasteiger partial charge in [0.2, 0.25) is 0 Å². The number of aliphatic hydroxyl groups is 1. The van der Waals surface area contributed by atoms with Crippen molar-refractivity contribution in [3.05, 3.63) is 65.0 Å². The molecule has 0 aliphatic heterocycles. The first-order valence-corrected chi connectivity index (χ1v) is 7.11. The second kappa shape index (κ2) is 7.23. The molecule has 2 aromatic carbocycles. The summed E-state index contributed by atoms with van der Waals surface area (Å²) in [7, 11) is 1.65. The number of aliphatic hydroxyl groups excluding tert-OH is 1. The molecule has 0 saturated heterocycles. The molecule has 3 heteroatoms. The van der Waals surface area contributed by atoms with Gasteiger partial charge in [-0.1, -0.05) is 29.8 Å². The Hall–Kier alpha value is -1.87. The van der Waals surface area contributed by atoms with Crippen molar-refractivity contribution < 1.29 is 14.2 Å². The summed E-state index contributed by atoms with van der Waals surface area (Å²) in [5.74, 6) is 0.637. The Morgan fingerprint density at radius 3 is 2.62 bits per heavy atom. The maximum Gasteiger partial charge on any atom is 0.123 e. The summed E-state index contributed by atoms with van der Waals surface area (Å²) in [6.45, 7) is 2.09. The molecule has 21 heavy (non-hydrogen) atoms. The number of rotatable bonds is 6. The minimum atomic E-state index is -0.239. The molecule has 0 heterocycles. The molecule has 0 aliphatic carbocycles. The lowest BCUT2D eigenvalue weighted by molar-refractivity contribution is 0.224. The van der Waals surface area contributed by atoms with E-state index in [1.165, 1.54) is 12.1 Å². The molecule has 0 radical (unpaired) electrons. The summed E-state index contributed by atoms with van der Waals surface area (Å²) < 4.78 is 18.6. The van der Waals surface area contributed by atoms with Crippen LogP contribution in [-0.4, -0.2) is 18.8 Å². The fourth-order valence-corrected chi connectivity index (χ4v) is 2.58. The summed E-state index contributed by atoms with van der Waals surface area (Å²) in [5.41, 5.74) is 3.14. The molecule has 0 bridgehead atoms. The quantitative estimate of drug-likeness (QED) is 0.881. The van der Waals surface area contributed by atoms with Crippen molar-refractivity contribution in [2.24, 2.45) is 5.92 Å². The molecule has 2 aromatic rings. The molecule has 0 aromatic heterocycles. The third-order valence-corrected chi connectivity index (χ3v) is 3.62. The van der Waals surface area contributed by atoms with Crippen LogP contribution in [0.2, 0.25) is 0 Å². The van der Waals surface area contributed by atoms with E-state index in [0.717, 1.165) is 22.4 Å². The van der Waals surface area contributed by atoms with E-state index in [1.54, 1.807) is 13.2 Å². The molecular formula is C18H21FO2. The highest BCUT2D eigenvalue weighted by Gasteiger charge is 2.13. The zero-order valence-electron chi connectivity index (χ0n) is 12.5. The van der Waals surface area contributed by atoms with Crippen LogP contribution in [0.5, 0.6) is 5.75 Å². The Labute approximate surface area is 125 Å². The summed E-state index contributed by atoms with van der Waals surface area (Å²) >= 11 is 0. The minimum Gasteiger partial charge on any atom is -0.496 e. The number of hydrogen-bond donors (Lipinski definition) is 1. The van der Waals surface area contributed by atoms with E-state index in [-0.39, 0.29) is 18.3 Å². The lowest BCUT2D eigenvalue weighted by atomic mass is 9.92. The molecule has 2 rings (SSSR count). The first kappa shape index (κ1) is 15.5. The highest BCUT2D eigenvalue weighted by molar-refractivity contribution is 5.37. The average Bonchev–Trinajstić information content (AvgIpc) is 2.47. The summed E-state index contributed by atoms with van der Waals surface area (Å²) in [4.78, 5) is 0. The Balaban J connectivity index is 2.14. The van der Waals surface area contributed by atoms with Crippen LogP contribution >= 0.6 is 0 Å². The fourth-order valence-electron chi connectivity index (χ4n) is 2.58. The van der Waals surface area contributed by atoms with Crippen molar-refractivity contribution in [2.75, 3.05) is 13.7 Å². The predicted molar refractivity (Wildman–Crippen MR) is 82.1 cm³/mol. The molecule has 1 N–H and O–H groups in total. The molecule has 0 amide bonds. The molecule has 1 unspecified atom stereocenters. The number of ether oxygens (including phenoxy) is 1. The topological polar surface area (TPSA) is 29.5 Å². The van der Waals surface area contributed by atoms with Crippen LogP contribution in [0.1, 0.15) is 16.7 Å². The number of benzene rings is 2. The largest absolute Gasteiger partial charge is 0.496 e. The number of methoxy groups -OCH3 is 1. The van der Waals surface area contributed by atoms with Gasteiger partial charge < -0.3 is 9.84 Å². The third kappa shape index (κ3) is 4.30. The second-order valence-corrected chi connectivity index (χ2v) is 5.40. The highest BCUT2D eigenvalue weighted by Crippen LogP contribution is 2.24. The van der Waals surface area contributed by atoms with Crippen molar-refractivity contribution >= 4 is 0 Å². The Morgan fingerprint density at radius 2 is 1.95 bits per heavy atom. The average molecular weight is 288 g/mol. The number of hydrogen-bond acceptors (Lipinski definition) is 2. The van der Waals surface area contributed by atoms with E-state index in [2.05, 4.69) is 6.07 Å². The lowest BCUT2D eigenvalue weighted by Crippen LogP contribution is -2.14. The van der Waals surface area contributed by atoms with Crippen LogP contribution in [0.25, 0.3) is 0 Å². The molecule has 112 valence electrons. The van der Waals surface area contributed by atoms with Gasteiger partial charge in [0.05, 0.1) is 7.11 Å². The van der Waals surface area contributed by atoms with Crippen molar-refractivity contribution in [3.63, 3.8) is 0 Å². The van der Waals surface area contributed by atoms with Crippen molar-refractivity contribution in [1.82, 2.24) is 0 Å². The first-order chi connectivity index (χ1) is 10.1. The summed E-state index contributed by atoms with van der Waals surface area (Å²) in [6.07, 6.45) is 1.35. The lowest BCUT2D eigenvalue weighted by Gasteiger charge is -2.17. The van der Waals surface area contributed by atoms with E-state index < -0.39 is 0 Å². The van der Waals surface area contributed by atoms with E-state index in [9.17, 15) is 9.50 Å². The monoisotopic (exact) mass is 288 g/mol. The molecule has 0 spiro atoms. The Kier molecular flexibility index (Phi) is 5.34. The van der Waals surface area contributed by atoms with E-state index >= 15 is 0 Å². The predicted octanol–water partition coefficient (Wildman–Crippen LogP) is 3.54. The van der Waals surface area contributed by atoms with Gasteiger partial charge in [-0.25, -0.2) is 4.39 Å². The van der Waals surface area contributed by atoms with Crippen LogP contribution in [-0.2, 0) is 12.8 Å². The minimum absolute atomic E-state index is 0.0440. The van der Waals surface area contributed by atoms with E-state index in [1.807, 2.05) is 25.1 Å². The van der Waals surface area contributed by atoms with Gasteiger partial charge in [0, 0.05) is 6.61 Å². The van der Waals surface area contributed by atoms with Crippen molar-refractivity contribution in [2.45, 2.75) is 19.8 Å². The second-order valence-electron chi connectivity index (χ2n) is 5.40. The fraction of sp³-hybridized carbons (Fsp3) is 0.333. The SMILES string of the molecule is COc1ccc(C)cc1CC(CO)Cc1cccc(F)c1. The zero-order valence-corrected chi connectivity index (χ0v) is 12.5. The number of aryl methyl sites for hydroxylation is 1. The van der Waals surface area contributed by atoms with Crippen LogP contribution in [0.15, 0.2) is 42.5 Å². The van der Waals surface area contributed by atoms with Gasteiger partial charge >= 0.3 is 0 Å². The standard InChI is InChI=1S/C18H21FO2/c1-13-6-7-18(21-2)16(8-13)10-15(12-20)9-14-4-3-5-17(19)11-14/h3-8,11,15,20H,9-10,12H2,1-2H3. The van der Waals surface area contributed by atoms with E-state index in [4.69, 9.17) is 4.74 Å². The van der Waals surface area contributed by atoms with Gasteiger partial charge in [0.25, 0.3) is 0 Å². The molecular weight excluding hydrogens is 267 g/mol. The van der Waals surface area contributed by atoms with Crippen molar-refractivity contribution in [3.8, 4) is 5.75 Å². The zero-order chi connectivity index (χ0) is 15.2. The maximum atomic E-state index is 13.2. The molecule has 0 aliphatic rings. The van der Waals surface area contributed by atoms with E-state index in [0.29, 0.717) is 12.8 Å². The normalized spacial score (nSPS) is 12.2. The molecule has 1 atom stereocenters. The number of halogens is 1. The molecule has 0 saturated carbocycles. The Bertz CT molecular complexity index is 596. The van der Waals surface area contributed by atoms with Crippen LogP contribution in [0.4, 0.5) is 4.39 Å². The summed E-state index contributed by atoms with van der Waals surface area (Å²) in [6, 6.07) is 12.6.